The molecule has 0 bridgehead atoms. The molecule has 18 heteroatoms. The van der Waals surface area contributed by atoms with Crippen LogP contribution in [0.25, 0.3) is 5.65 Å². The quantitative estimate of drug-likeness (QED) is 0.252. The van der Waals surface area contributed by atoms with Gasteiger partial charge in [0.1, 0.15) is 11.4 Å². The summed E-state index contributed by atoms with van der Waals surface area (Å²) in [7, 11) is 1.18. The van der Waals surface area contributed by atoms with Gasteiger partial charge in [0.2, 0.25) is 5.95 Å². The lowest BCUT2D eigenvalue weighted by atomic mass is 9.98. The van der Waals surface area contributed by atoms with Gasteiger partial charge in [-0.25, -0.2) is 9.78 Å². The first kappa shape index (κ1) is 31.7. The molecule has 0 saturated carbocycles. The number of fused-ring (bicyclic) bond motifs is 1. The third-order valence-corrected chi connectivity index (χ3v) is 7.41. The van der Waals surface area contributed by atoms with Gasteiger partial charge in [-0.2, -0.15) is 33.2 Å². The van der Waals surface area contributed by atoms with Crippen molar-refractivity contribution in [3.8, 4) is 12.1 Å². The Balaban J connectivity index is 1.66. The average molecular weight is 640 g/mol. The van der Waals surface area contributed by atoms with Crippen LogP contribution in [0.2, 0.25) is 5.02 Å². The number of ether oxygens (including phenoxy) is 1. The highest BCUT2D eigenvalue weighted by Gasteiger charge is 2.39. The summed E-state index contributed by atoms with van der Waals surface area (Å²) in [5, 5.41) is 33.1. The number of imidazole rings is 1. The van der Waals surface area contributed by atoms with Crippen molar-refractivity contribution < 1.29 is 22.7 Å². The Morgan fingerprint density at radius 1 is 1.28 bits per heavy atom. The number of piperidine rings is 1. The molecule has 1 saturated heterocycles. The van der Waals surface area contributed by atoms with E-state index in [-0.39, 0.29) is 34.5 Å². The van der Waals surface area contributed by atoms with E-state index >= 15 is 0 Å². The zero-order chi connectivity index (χ0) is 31.3. The van der Waals surface area contributed by atoms with Gasteiger partial charge in [-0.3, -0.25) is 0 Å². The van der Waals surface area contributed by atoms with Crippen LogP contribution in [0.1, 0.15) is 24.6 Å². The first-order valence-electron chi connectivity index (χ1n) is 12.9. The molecule has 3 atom stereocenters. The molecule has 1 aliphatic rings. The standard InChI is InChI=1S/C25H26Cl2F3N11O2/c1-3-33-21-22-35-10-14(9-32)41(22)39-23(38-21)36-16-6-13(8-31)7-18(20(16)27)40-5-4-15(37-24(42)43-2)17(12-40)34-11-19(26)25(28,29)30/h6-7,10,15,17,19,34H,3-5,11-12H2,1-2H3,(H,37,42)(H2,33,36,38,39)/t15-,17-,19?/m1/s1. The van der Waals surface area contributed by atoms with Crippen LogP contribution in [-0.4, -0.2) is 82.6 Å². The van der Waals surface area contributed by atoms with E-state index in [1.807, 2.05) is 13.0 Å². The summed E-state index contributed by atoms with van der Waals surface area (Å²) >= 11 is 12.4. The van der Waals surface area contributed by atoms with Gasteiger partial charge in [0.05, 0.1) is 47.4 Å². The van der Waals surface area contributed by atoms with Crippen LogP contribution >= 0.6 is 23.2 Å². The highest BCUT2D eigenvalue weighted by atomic mass is 35.5. The lowest BCUT2D eigenvalue weighted by Crippen LogP contribution is -2.60. The zero-order valence-electron chi connectivity index (χ0n) is 22.8. The molecule has 43 heavy (non-hydrogen) atoms. The normalized spacial score (nSPS) is 17.6. The molecule has 1 fully saturated rings. The van der Waals surface area contributed by atoms with Gasteiger partial charge in [-0.05, 0) is 25.5 Å². The van der Waals surface area contributed by atoms with E-state index < -0.39 is 36.3 Å². The maximum Gasteiger partial charge on any atom is 0.407 e. The number of benzene rings is 1. The molecular weight excluding hydrogens is 614 g/mol. The van der Waals surface area contributed by atoms with E-state index in [0.717, 1.165) is 0 Å². The lowest BCUT2D eigenvalue weighted by Gasteiger charge is -2.41. The van der Waals surface area contributed by atoms with Crippen LogP contribution < -0.4 is 26.2 Å². The van der Waals surface area contributed by atoms with Crippen molar-refractivity contribution >= 4 is 58.1 Å². The molecule has 1 aromatic carbocycles. The monoisotopic (exact) mass is 639 g/mol. The summed E-state index contributed by atoms with van der Waals surface area (Å²) in [6, 6.07) is 5.87. The van der Waals surface area contributed by atoms with Crippen molar-refractivity contribution in [1.82, 2.24) is 30.2 Å². The molecule has 4 N–H and O–H groups in total. The second-order valence-electron chi connectivity index (χ2n) is 9.40. The molecule has 228 valence electrons. The lowest BCUT2D eigenvalue weighted by molar-refractivity contribution is -0.130. The van der Waals surface area contributed by atoms with Crippen molar-refractivity contribution in [3.63, 3.8) is 0 Å². The number of carbonyl (C=O) groups excluding carboxylic acids is 1. The van der Waals surface area contributed by atoms with Crippen molar-refractivity contribution in [3.05, 3.63) is 34.6 Å². The van der Waals surface area contributed by atoms with E-state index in [4.69, 9.17) is 23.2 Å². The van der Waals surface area contributed by atoms with Crippen LogP contribution in [-0.2, 0) is 4.74 Å². The van der Waals surface area contributed by atoms with Gasteiger partial charge in [0.25, 0.3) is 0 Å². The van der Waals surface area contributed by atoms with Crippen LogP contribution in [0.4, 0.5) is 41.1 Å². The number of nitrogens with one attached hydrogen (secondary N) is 4. The van der Waals surface area contributed by atoms with Crippen LogP contribution in [0.15, 0.2) is 18.3 Å². The van der Waals surface area contributed by atoms with Crippen molar-refractivity contribution in [2.45, 2.75) is 37.0 Å². The second kappa shape index (κ2) is 13.4. The number of hydrogen-bond donors (Lipinski definition) is 4. The molecule has 1 unspecified atom stereocenters. The van der Waals surface area contributed by atoms with Crippen molar-refractivity contribution in [2.75, 3.05) is 48.8 Å². The largest absolute Gasteiger partial charge is 0.453 e. The van der Waals surface area contributed by atoms with E-state index in [1.165, 1.54) is 23.9 Å². The molecule has 3 heterocycles. The maximum absolute atomic E-state index is 13.1. The molecule has 3 aromatic rings. The van der Waals surface area contributed by atoms with Crippen LogP contribution in [0.5, 0.6) is 0 Å². The third kappa shape index (κ3) is 7.22. The fourth-order valence-electron chi connectivity index (χ4n) is 4.54. The average Bonchev–Trinajstić information content (AvgIpc) is 3.40. The highest BCUT2D eigenvalue weighted by Crippen LogP contribution is 2.37. The number of hydrogen-bond acceptors (Lipinski definition) is 11. The molecular formula is C25H26Cl2F3N11O2. The summed E-state index contributed by atoms with van der Waals surface area (Å²) in [5.41, 5.74) is 1.43. The molecule has 0 radical (unpaired) electrons. The summed E-state index contributed by atoms with van der Waals surface area (Å²) in [6.07, 6.45) is -3.68. The Kier molecular flexibility index (Phi) is 9.85. The fourth-order valence-corrected chi connectivity index (χ4v) is 4.91. The first-order chi connectivity index (χ1) is 20.5. The Morgan fingerprint density at radius 3 is 2.70 bits per heavy atom. The third-order valence-electron chi connectivity index (χ3n) is 6.61. The molecule has 13 nitrogen and oxygen atoms in total. The number of rotatable bonds is 9. The predicted octanol–water partition coefficient (Wildman–Crippen LogP) is 3.76. The van der Waals surface area contributed by atoms with E-state index in [2.05, 4.69) is 47.1 Å². The van der Waals surface area contributed by atoms with Crippen LogP contribution in [0, 0.1) is 22.7 Å². The summed E-state index contributed by atoms with van der Waals surface area (Å²) in [6.45, 7) is 2.21. The minimum absolute atomic E-state index is 0.0572. The van der Waals surface area contributed by atoms with Gasteiger partial charge in [0, 0.05) is 32.2 Å². The Hall–Kier alpha value is -4.25. The maximum atomic E-state index is 13.1. The number of anilines is 4. The number of nitriles is 2. The summed E-state index contributed by atoms with van der Waals surface area (Å²) in [4.78, 5) is 22.3. The number of aromatic nitrogens is 4. The number of methoxy groups -OCH3 is 1. The van der Waals surface area contributed by atoms with Crippen molar-refractivity contribution in [2.24, 2.45) is 0 Å². The van der Waals surface area contributed by atoms with Gasteiger partial charge in [0.15, 0.2) is 17.2 Å². The predicted molar refractivity (Wildman–Crippen MR) is 153 cm³/mol. The molecule has 1 amide bonds. The van der Waals surface area contributed by atoms with E-state index in [1.54, 1.807) is 11.0 Å². The number of alkyl halides is 4. The molecule has 0 spiro atoms. The fraction of sp³-hybridized carbons (Fsp3) is 0.440. The number of amides is 1. The SMILES string of the molecule is CCNc1nc(Nc2cc(C#N)cc(N3CC[C@@H](NC(=O)OC)[C@H](NCC(Cl)C(F)(F)F)C3)c2Cl)nn2c(C#N)cnc12. The molecule has 2 aromatic heterocycles. The van der Waals surface area contributed by atoms with Gasteiger partial charge >= 0.3 is 12.3 Å². The minimum Gasteiger partial charge on any atom is -0.453 e. The minimum atomic E-state index is -4.62. The van der Waals surface area contributed by atoms with Gasteiger partial charge in [-0.15, -0.1) is 16.7 Å². The number of nitrogens with zero attached hydrogens (tertiary/aromatic N) is 7. The van der Waals surface area contributed by atoms with E-state index in [0.29, 0.717) is 36.7 Å². The number of halogens is 5. The summed E-state index contributed by atoms with van der Waals surface area (Å²) in [5.74, 6) is 0.418. The number of alkyl carbamates (subject to hydrolysis) is 1. The Bertz CT molecular complexity index is 1570. The van der Waals surface area contributed by atoms with E-state index in [9.17, 15) is 28.5 Å². The topological polar surface area (TPSA) is 168 Å². The number of carbonyl (C=O) groups is 1. The Morgan fingerprint density at radius 2 is 2.05 bits per heavy atom. The summed E-state index contributed by atoms with van der Waals surface area (Å²) < 4.78 is 45.2. The highest BCUT2D eigenvalue weighted by molar-refractivity contribution is 6.36. The van der Waals surface area contributed by atoms with Crippen molar-refractivity contribution in [1.29, 1.82) is 10.5 Å². The molecule has 4 rings (SSSR count). The second-order valence-corrected chi connectivity index (χ2v) is 10.3. The smallest absolute Gasteiger partial charge is 0.407 e. The van der Waals surface area contributed by atoms with Gasteiger partial charge < -0.3 is 30.9 Å². The Labute approximate surface area is 253 Å². The molecule has 0 aliphatic carbocycles. The first-order valence-corrected chi connectivity index (χ1v) is 13.7. The zero-order valence-corrected chi connectivity index (χ0v) is 24.3. The van der Waals surface area contributed by atoms with Gasteiger partial charge in [-0.1, -0.05) is 11.6 Å². The molecule has 1 aliphatic heterocycles. The van der Waals surface area contributed by atoms with Crippen LogP contribution in [0.3, 0.4) is 0 Å².